The van der Waals surface area contributed by atoms with Gasteiger partial charge in [-0.2, -0.15) is 0 Å². The zero-order valence-electron chi connectivity index (χ0n) is 12.1. The van der Waals surface area contributed by atoms with Gasteiger partial charge in [-0.25, -0.2) is 5.06 Å². The van der Waals surface area contributed by atoms with Crippen LogP contribution in [0.5, 0.6) is 0 Å². The molecule has 0 N–H and O–H groups in total. The maximum Gasteiger partial charge on any atom is 0.253 e. The average molecular weight is 430 g/mol. The van der Waals surface area contributed by atoms with Gasteiger partial charge in [0.1, 0.15) is 6.61 Å². The first-order valence-corrected chi connectivity index (χ1v) is 9.13. The molecule has 1 aromatic rings. The van der Waals surface area contributed by atoms with Gasteiger partial charge in [0, 0.05) is 11.8 Å². The summed E-state index contributed by atoms with van der Waals surface area (Å²) in [5.74, 6) is -0.179. The minimum absolute atomic E-state index is 0.0837. The van der Waals surface area contributed by atoms with Gasteiger partial charge in [-0.15, -0.1) is 0 Å². The van der Waals surface area contributed by atoms with Crippen molar-refractivity contribution in [2.75, 3.05) is 11.9 Å². The molecule has 0 radical (unpaired) electrons. The molecule has 0 aliphatic carbocycles. The predicted molar refractivity (Wildman–Crippen MR) is 93.2 cm³/mol. The first-order valence-electron chi connectivity index (χ1n) is 6.88. The van der Waals surface area contributed by atoms with Crippen molar-refractivity contribution in [2.45, 2.75) is 23.7 Å². The number of hydroxylamine groups is 2. The fourth-order valence-electron chi connectivity index (χ4n) is 2.52. The Balaban J connectivity index is 2.06. The topological polar surface area (TPSA) is 29.5 Å². The number of nitrogens with zero attached hydrogens (tertiary/aromatic N) is 1. The maximum atomic E-state index is 12.6. The molecule has 2 atom stereocenters. The van der Waals surface area contributed by atoms with E-state index in [4.69, 9.17) is 39.6 Å². The number of hydrogen-bond acceptors (Lipinski definition) is 2. The Labute approximate surface area is 153 Å². The van der Waals surface area contributed by atoms with Crippen molar-refractivity contribution in [1.82, 2.24) is 5.06 Å². The normalized spacial score (nSPS) is 25.8. The van der Waals surface area contributed by atoms with Crippen LogP contribution in [0.25, 0.3) is 0 Å². The van der Waals surface area contributed by atoms with E-state index < -0.39 is 9.21 Å². The largest absolute Gasteiger partial charge is 0.272 e. The van der Waals surface area contributed by atoms with Gasteiger partial charge in [-0.05, 0) is 18.4 Å². The lowest BCUT2D eigenvalue weighted by Crippen LogP contribution is -2.36. The second kappa shape index (κ2) is 7.27. The van der Waals surface area contributed by atoms with Gasteiger partial charge in [-0.3, -0.25) is 9.63 Å². The number of amides is 1. The number of hydrogen-bond donors (Lipinski definition) is 0. The van der Waals surface area contributed by atoms with Crippen LogP contribution in [0.15, 0.2) is 30.3 Å². The molecule has 2 rings (SSSR count). The van der Waals surface area contributed by atoms with Crippen molar-refractivity contribution in [1.29, 1.82) is 0 Å². The van der Waals surface area contributed by atoms with E-state index in [1.54, 1.807) is 0 Å². The summed E-state index contributed by atoms with van der Waals surface area (Å²) < 4.78 is -1.39. The van der Waals surface area contributed by atoms with Crippen molar-refractivity contribution >= 4 is 56.6 Å². The lowest BCUT2D eigenvalue weighted by molar-refractivity contribution is -0.186. The Kier molecular flexibility index (Phi) is 6.06. The van der Waals surface area contributed by atoms with Crippen molar-refractivity contribution in [3.05, 3.63) is 35.9 Å². The fourth-order valence-corrected chi connectivity index (χ4v) is 3.77. The maximum absolute atomic E-state index is 12.6. The van der Waals surface area contributed by atoms with Crippen LogP contribution in [0.2, 0.25) is 0 Å². The van der Waals surface area contributed by atoms with Crippen LogP contribution in [0.3, 0.4) is 0 Å². The number of carbonyl (C=O) groups excluding carboxylic acids is 1. The van der Waals surface area contributed by atoms with Gasteiger partial charge < -0.3 is 0 Å². The summed E-state index contributed by atoms with van der Waals surface area (Å²) >= 11 is 21.1. The summed E-state index contributed by atoms with van der Waals surface area (Å²) in [6.45, 7) is 2.63. The molecule has 0 unspecified atom stereocenters. The van der Waals surface area contributed by atoms with E-state index in [0.717, 1.165) is 5.56 Å². The molecule has 0 bridgehead atoms. The molecule has 0 saturated carbocycles. The van der Waals surface area contributed by atoms with Crippen LogP contribution in [-0.2, 0) is 16.2 Å². The molecule has 1 heterocycles. The van der Waals surface area contributed by atoms with Gasteiger partial charge in [0.25, 0.3) is 5.91 Å². The third-order valence-electron chi connectivity index (χ3n) is 3.99. The minimum Gasteiger partial charge on any atom is -0.272 e. The summed E-state index contributed by atoms with van der Waals surface area (Å²) in [5.41, 5.74) is 0.362. The monoisotopic (exact) mass is 427 g/mol. The summed E-state index contributed by atoms with van der Waals surface area (Å²) in [6.07, 6.45) is 0.302. The lowest BCUT2D eigenvalue weighted by Gasteiger charge is -2.27. The van der Waals surface area contributed by atoms with Crippen molar-refractivity contribution in [2.24, 2.45) is 11.3 Å². The highest BCUT2D eigenvalue weighted by Gasteiger charge is 2.52. The third kappa shape index (κ3) is 4.30. The summed E-state index contributed by atoms with van der Waals surface area (Å²) in [5, 5.41) is 1.89. The van der Waals surface area contributed by atoms with Crippen molar-refractivity contribution < 1.29 is 9.63 Å². The molecule has 1 aliphatic heterocycles. The molecule has 1 aromatic carbocycles. The lowest BCUT2D eigenvalue weighted by atomic mass is 9.80. The molecular weight excluding hydrogens is 412 g/mol. The van der Waals surface area contributed by atoms with Gasteiger partial charge in [0.05, 0.1) is 12.0 Å². The zero-order valence-corrected chi connectivity index (χ0v) is 15.9. The van der Waals surface area contributed by atoms with E-state index in [-0.39, 0.29) is 11.8 Å². The Bertz CT molecular complexity index is 523. The number of halogens is 4. The quantitative estimate of drug-likeness (QED) is 0.633. The Morgan fingerprint density at radius 3 is 2.55 bits per heavy atom. The second-order valence-corrected chi connectivity index (χ2v) is 8.77. The number of carbonyl (C=O) groups is 1. The van der Waals surface area contributed by atoms with E-state index in [9.17, 15) is 4.79 Å². The number of alkyl halides is 4. The Hall–Kier alpha value is -0.000000000000000111. The summed E-state index contributed by atoms with van der Waals surface area (Å²) in [6, 6.07) is 9.69. The molecule has 22 heavy (non-hydrogen) atoms. The van der Waals surface area contributed by atoms with Crippen LogP contribution in [-0.4, -0.2) is 26.6 Å². The van der Waals surface area contributed by atoms with E-state index in [1.807, 2.05) is 37.3 Å². The number of rotatable bonds is 5. The Morgan fingerprint density at radius 2 is 2.00 bits per heavy atom. The zero-order chi connectivity index (χ0) is 16.4. The van der Waals surface area contributed by atoms with Crippen LogP contribution in [0.1, 0.15) is 18.9 Å². The molecule has 1 saturated heterocycles. The molecule has 1 fully saturated rings. The molecule has 3 nitrogen and oxygen atoms in total. The number of benzene rings is 1. The van der Waals surface area contributed by atoms with Crippen molar-refractivity contribution in [3.63, 3.8) is 0 Å². The van der Waals surface area contributed by atoms with Gasteiger partial charge in [0.2, 0.25) is 0 Å². The van der Waals surface area contributed by atoms with E-state index in [0.29, 0.717) is 24.9 Å². The standard InChI is InChI=1S/C15H17BrCl3NO2/c1-14(10-16)12(7-15(17,18)19)8-20(13(14)21)22-9-11-5-3-2-4-6-11/h2-6,12H,7-10H2,1H3/t12-,14-/m0/s1. The third-order valence-corrected chi connectivity index (χ3v) is 5.62. The minimum atomic E-state index is -1.39. The van der Waals surface area contributed by atoms with E-state index in [2.05, 4.69) is 15.9 Å². The predicted octanol–water partition coefficient (Wildman–Crippen LogP) is 4.74. The van der Waals surface area contributed by atoms with Crippen LogP contribution >= 0.6 is 50.7 Å². The molecule has 7 heteroatoms. The summed E-state index contributed by atoms with van der Waals surface area (Å²) in [4.78, 5) is 18.3. The SMILES string of the molecule is C[C@@]1(CBr)C(=O)N(OCc2ccccc2)C[C@@H]1CC(Cl)(Cl)Cl. The molecule has 0 aromatic heterocycles. The van der Waals surface area contributed by atoms with Crippen LogP contribution < -0.4 is 0 Å². The van der Waals surface area contributed by atoms with Crippen molar-refractivity contribution in [3.8, 4) is 0 Å². The van der Waals surface area contributed by atoms with E-state index >= 15 is 0 Å². The average Bonchev–Trinajstić information content (AvgIpc) is 2.70. The fraction of sp³-hybridized carbons (Fsp3) is 0.533. The van der Waals surface area contributed by atoms with Gasteiger partial charge in [0.15, 0.2) is 3.79 Å². The van der Waals surface area contributed by atoms with Crippen LogP contribution in [0.4, 0.5) is 0 Å². The Morgan fingerprint density at radius 1 is 1.36 bits per heavy atom. The molecule has 122 valence electrons. The molecule has 0 spiro atoms. The first-order chi connectivity index (χ1) is 10.3. The summed E-state index contributed by atoms with van der Waals surface area (Å²) in [7, 11) is 0. The van der Waals surface area contributed by atoms with Gasteiger partial charge in [-0.1, -0.05) is 81.1 Å². The van der Waals surface area contributed by atoms with E-state index in [1.165, 1.54) is 5.06 Å². The highest BCUT2D eigenvalue weighted by Crippen LogP contribution is 2.46. The smallest absolute Gasteiger partial charge is 0.253 e. The molecule has 1 aliphatic rings. The van der Waals surface area contributed by atoms with Gasteiger partial charge >= 0.3 is 0 Å². The molecule has 1 amide bonds. The first kappa shape index (κ1) is 18.3. The second-order valence-electron chi connectivity index (χ2n) is 5.69. The van der Waals surface area contributed by atoms with Crippen LogP contribution in [0, 0.1) is 11.3 Å². The molecular formula is C15H17BrCl3NO2. The highest BCUT2D eigenvalue weighted by molar-refractivity contribution is 9.09. The highest BCUT2D eigenvalue weighted by atomic mass is 79.9.